The molecule has 0 aliphatic heterocycles. The Kier molecular flexibility index (Phi) is 5.63. The summed E-state index contributed by atoms with van der Waals surface area (Å²) >= 11 is 0. The molecular formula is C15H13F11O. The molecule has 0 fully saturated rings. The topological polar surface area (TPSA) is 20.2 Å². The molecule has 0 saturated carbocycles. The van der Waals surface area contributed by atoms with E-state index in [1.54, 1.807) is 0 Å². The first-order valence-corrected chi connectivity index (χ1v) is 7.09. The molecule has 1 rings (SSSR count). The van der Waals surface area contributed by atoms with Gasteiger partial charge in [-0.05, 0) is 25.0 Å². The molecule has 156 valence electrons. The largest absolute Gasteiger partial charge is 0.460 e. The van der Waals surface area contributed by atoms with E-state index in [4.69, 9.17) is 0 Å². The number of aryl methyl sites for hydroxylation is 1. The van der Waals surface area contributed by atoms with Crippen LogP contribution in [0.1, 0.15) is 24.5 Å². The maximum absolute atomic E-state index is 13.8. The van der Waals surface area contributed by atoms with Gasteiger partial charge in [0.25, 0.3) is 0 Å². The van der Waals surface area contributed by atoms with Gasteiger partial charge in [0, 0.05) is 0 Å². The molecule has 0 amide bonds. The van der Waals surface area contributed by atoms with E-state index in [0.29, 0.717) is 6.92 Å². The fourth-order valence-electron chi connectivity index (χ4n) is 2.42. The molecule has 1 nitrogen and oxygen atoms in total. The second-order valence-corrected chi connectivity index (χ2v) is 6.19. The van der Waals surface area contributed by atoms with Gasteiger partial charge >= 0.3 is 29.9 Å². The highest BCUT2D eigenvalue weighted by atomic mass is 19.4. The van der Waals surface area contributed by atoms with Crippen LogP contribution in [0.15, 0.2) is 24.3 Å². The zero-order valence-corrected chi connectivity index (χ0v) is 13.6. The van der Waals surface area contributed by atoms with E-state index < -0.39 is 47.5 Å². The first-order chi connectivity index (χ1) is 11.7. The Bertz CT molecular complexity index is 677. The van der Waals surface area contributed by atoms with Crippen LogP contribution in [-0.2, 0) is 5.60 Å². The van der Waals surface area contributed by atoms with Gasteiger partial charge in [-0.25, -0.2) is 0 Å². The molecule has 27 heavy (non-hydrogen) atoms. The fraction of sp³-hybridized carbons (Fsp3) is 0.600. The summed E-state index contributed by atoms with van der Waals surface area (Å²) in [7, 11) is 0. The lowest BCUT2D eigenvalue weighted by Crippen LogP contribution is -2.67. The molecule has 12 heteroatoms. The smallest absolute Gasteiger partial charge is 0.385 e. The number of rotatable bonds is 6. The highest BCUT2D eigenvalue weighted by molar-refractivity contribution is 5.31. The molecule has 0 aliphatic rings. The van der Waals surface area contributed by atoms with Crippen LogP contribution in [0.5, 0.6) is 0 Å². The predicted octanol–water partition coefficient (Wildman–Crippen LogP) is 5.70. The number of benzene rings is 1. The van der Waals surface area contributed by atoms with Crippen molar-refractivity contribution < 1.29 is 53.4 Å². The van der Waals surface area contributed by atoms with Gasteiger partial charge in [-0.15, -0.1) is 0 Å². The zero-order valence-electron chi connectivity index (χ0n) is 13.6. The first kappa shape index (κ1) is 23.4. The van der Waals surface area contributed by atoms with Crippen molar-refractivity contribution in [3.63, 3.8) is 0 Å². The molecule has 0 saturated heterocycles. The molecule has 0 bridgehead atoms. The van der Waals surface area contributed by atoms with Crippen molar-refractivity contribution in [2.45, 2.75) is 55.7 Å². The van der Waals surface area contributed by atoms with Gasteiger partial charge in [0.05, 0.1) is 12.0 Å². The number of aliphatic hydroxyl groups is 1. The maximum atomic E-state index is 13.8. The Labute approximate surface area is 145 Å². The van der Waals surface area contributed by atoms with Crippen LogP contribution in [0.3, 0.4) is 0 Å². The van der Waals surface area contributed by atoms with Gasteiger partial charge < -0.3 is 5.11 Å². The van der Waals surface area contributed by atoms with E-state index in [1.165, 1.54) is 25.1 Å². The lowest BCUT2D eigenvalue weighted by Gasteiger charge is -2.39. The van der Waals surface area contributed by atoms with Crippen molar-refractivity contribution in [3.8, 4) is 0 Å². The van der Waals surface area contributed by atoms with Crippen molar-refractivity contribution >= 4 is 0 Å². The second-order valence-electron chi connectivity index (χ2n) is 6.19. The summed E-state index contributed by atoms with van der Waals surface area (Å²) in [4.78, 5) is 0. The third-order valence-corrected chi connectivity index (χ3v) is 3.90. The Morgan fingerprint density at radius 3 is 1.59 bits per heavy atom. The van der Waals surface area contributed by atoms with Crippen LogP contribution in [-0.4, -0.2) is 35.0 Å². The minimum absolute atomic E-state index is 0.0639. The van der Waals surface area contributed by atoms with Crippen molar-refractivity contribution in [2.75, 3.05) is 0 Å². The Balaban J connectivity index is 3.38. The standard InChI is InChI=1S/C15H13F11O/c1-8-5-3-4-6-9(8)10(2,27)7-11(16,17)12(18,19)13(20,21)14(22,23)15(24,25)26/h3-6,27H,7H2,1-2H3. The summed E-state index contributed by atoms with van der Waals surface area (Å²) in [6, 6.07) is 4.76. The zero-order chi connectivity index (χ0) is 21.7. The average Bonchev–Trinajstić information content (AvgIpc) is 2.44. The molecule has 1 N–H and O–H groups in total. The van der Waals surface area contributed by atoms with Crippen LogP contribution < -0.4 is 0 Å². The van der Waals surface area contributed by atoms with Gasteiger partial charge in [-0.3, -0.25) is 0 Å². The van der Waals surface area contributed by atoms with Crippen molar-refractivity contribution in [2.24, 2.45) is 0 Å². The quantitative estimate of drug-likeness (QED) is 0.588. The van der Waals surface area contributed by atoms with Crippen molar-refractivity contribution in [1.82, 2.24) is 0 Å². The van der Waals surface area contributed by atoms with Crippen LogP contribution >= 0.6 is 0 Å². The van der Waals surface area contributed by atoms with Crippen molar-refractivity contribution in [3.05, 3.63) is 35.4 Å². The van der Waals surface area contributed by atoms with Gasteiger partial charge in [0.15, 0.2) is 0 Å². The van der Waals surface area contributed by atoms with Crippen LogP contribution in [0.4, 0.5) is 48.3 Å². The van der Waals surface area contributed by atoms with E-state index in [0.717, 1.165) is 6.07 Å². The molecule has 0 aromatic heterocycles. The maximum Gasteiger partial charge on any atom is 0.460 e. The first-order valence-electron chi connectivity index (χ1n) is 7.09. The number of hydrogen-bond acceptors (Lipinski definition) is 1. The highest BCUT2D eigenvalue weighted by Gasteiger charge is 2.87. The molecule has 1 unspecified atom stereocenters. The summed E-state index contributed by atoms with van der Waals surface area (Å²) in [5, 5.41) is 10.0. The van der Waals surface area contributed by atoms with Crippen molar-refractivity contribution in [1.29, 1.82) is 0 Å². The third-order valence-electron chi connectivity index (χ3n) is 3.90. The summed E-state index contributed by atoms with van der Waals surface area (Å²) in [5.41, 5.74) is -3.30. The van der Waals surface area contributed by atoms with Crippen LogP contribution in [0.2, 0.25) is 0 Å². The lowest BCUT2D eigenvalue weighted by molar-refractivity contribution is -0.424. The average molecular weight is 418 g/mol. The Morgan fingerprint density at radius 2 is 1.19 bits per heavy atom. The number of halogens is 11. The minimum Gasteiger partial charge on any atom is -0.385 e. The highest BCUT2D eigenvalue weighted by Crippen LogP contribution is 2.59. The van der Waals surface area contributed by atoms with Crippen LogP contribution in [0, 0.1) is 6.92 Å². The SMILES string of the molecule is Cc1ccccc1C(C)(O)CC(F)(F)C(F)(F)C(F)(F)C(F)(F)C(F)(F)F. The molecule has 0 heterocycles. The van der Waals surface area contributed by atoms with E-state index >= 15 is 0 Å². The van der Waals surface area contributed by atoms with E-state index in [9.17, 15) is 53.4 Å². The van der Waals surface area contributed by atoms with Gasteiger partial charge in [-0.2, -0.15) is 48.3 Å². The molecule has 0 radical (unpaired) electrons. The Hall–Kier alpha value is -1.59. The molecule has 1 aromatic rings. The van der Waals surface area contributed by atoms with Gasteiger partial charge in [0.1, 0.15) is 0 Å². The van der Waals surface area contributed by atoms with Gasteiger partial charge in [-0.1, -0.05) is 24.3 Å². The van der Waals surface area contributed by atoms with Gasteiger partial charge in [0.2, 0.25) is 0 Å². The third kappa shape index (κ3) is 3.72. The summed E-state index contributed by atoms with van der Waals surface area (Å²) in [5.74, 6) is -28.2. The van der Waals surface area contributed by atoms with Crippen LogP contribution in [0.25, 0.3) is 0 Å². The molecule has 0 spiro atoms. The normalized spacial score (nSPS) is 17.0. The molecule has 1 aromatic carbocycles. The lowest BCUT2D eigenvalue weighted by atomic mass is 9.83. The minimum atomic E-state index is -7.48. The summed E-state index contributed by atoms with van der Waals surface area (Å²) < 4.78 is 143. The fourth-order valence-corrected chi connectivity index (χ4v) is 2.42. The number of alkyl halides is 11. The summed E-state index contributed by atoms with van der Waals surface area (Å²) in [6.45, 7) is 1.76. The monoisotopic (exact) mass is 418 g/mol. The summed E-state index contributed by atoms with van der Waals surface area (Å²) in [6.07, 6.45) is -9.75. The Morgan fingerprint density at radius 1 is 0.741 bits per heavy atom. The predicted molar refractivity (Wildman–Crippen MR) is 71.2 cm³/mol. The van der Waals surface area contributed by atoms with E-state index in [-0.39, 0.29) is 5.56 Å². The number of hydrogen-bond donors (Lipinski definition) is 1. The molecular weight excluding hydrogens is 405 g/mol. The van der Waals surface area contributed by atoms with E-state index in [2.05, 4.69) is 0 Å². The molecule has 0 aliphatic carbocycles. The second kappa shape index (κ2) is 6.49. The molecule has 1 atom stereocenters. The van der Waals surface area contributed by atoms with E-state index in [1.807, 2.05) is 0 Å².